The quantitative estimate of drug-likeness (QED) is 0.841. The first-order valence-electron chi connectivity index (χ1n) is 7.84. The molecule has 1 aromatic rings. The summed E-state index contributed by atoms with van der Waals surface area (Å²) in [4.78, 5) is 4.84. The van der Waals surface area contributed by atoms with E-state index < -0.39 is 0 Å². The van der Waals surface area contributed by atoms with Crippen molar-refractivity contribution < 1.29 is 4.74 Å². The second kappa shape index (κ2) is 7.24. The molecule has 1 saturated heterocycles. The van der Waals surface area contributed by atoms with Crippen molar-refractivity contribution in [3.8, 4) is 5.75 Å². The van der Waals surface area contributed by atoms with Gasteiger partial charge in [0.15, 0.2) is 5.75 Å². The number of likely N-dealkylation sites (N-methyl/N-ethyl adjacent to an activating group) is 3. The van der Waals surface area contributed by atoms with Crippen LogP contribution in [-0.2, 0) is 6.54 Å². The minimum Gasteiger partial charge on any atom is -0.493 e. The third-order valence-electron chi connectivity index (χ3n) is 4.37. The molecule has 6 heteroatoms. The molecule has 0 amide bonds. The van der Waals surface area contributed by atoms with Crippen molar-refractivity contribution in [3.63, 3.8) is 0 Å². The smallest absolute Gasteiger partial charge is 0.161 e. The van der Waals surface area contributed by atoms with Gasteiger partial charge in [-0.25, -0.2) is 0 Å². The van der Waals surface area contributed by atoms with Gasteiger partial charge in [-0.1, -0.05) is 6.92 Å². The molecule has 0 spiro atoms. The van der Waals surface area contributed by atoms with Gasteiger partial charge in [-0.05, 0) is 27.6 Å². The summed E-state index contributed by atoms with van der Waals surface area (Å²) >= 11 is 0. The number of piperazine rings is 1. The highest BCUT2D eigenvalue weighted by atomic mass is 16.5. The molecule has 0 saturated carbocycles. The van der Waals surface area contributed by atoms with Gasteiger partial charge in [0.05, 0.1) is 25.0 Å². The molecule has 1 aliphatic rings. The lowest BCUT2D eigenvalue weighted by Gasteiger charge is -2.42. The van der Waals surface area contributed by atoms with Gasteiger partial charge in [0, 0.05) is 32.2 Å². The van der Waals surface area contributed by atoms with Crippen molar-refractivity contribution >= 4 is 0 Å². The Hall–Kier alpha value is -1.11. The van der Waals surface area contributed by atoms with Crippen LogP contribution < -0.4 is 10.1 Å². The van der Waals surface area contributed by atoms with E-state index in [0.717, 1.165) is 44.2 Å². The van der Waals surface area contributed by atoms with E-state index in [-0.39, 0.29) is 6.04 Å². The monoisotopic (exact) mass is 295 g/mol. The zero-order chi connectivity index (χ0) is 15.4. The van der Waals surface area contributed by atoms with Crippen molar-refractivity contribution in [2.75, 3.05) is 47.4 Å². The first-order chi connectivity index (χ1) is 10.1. The first kappa shape index (κ1) is 16.3. The van der Waals surface area contributed by atoms with Crippen LogP contribution in [0.2, 0.25) is 0 Å². The average Bonchev–Trinajstić information content (AvgIpc) is 2.90. The van der Waals surface area contributed by atoms with E-state index in [1.54, 1.807) is 7.11 Å². The second-order valence-corrected chi connectivity index (χ2v) is 5.76. The zero-order valence-corrected chi connectivity index (χ0v) is 14.0. The Balaban J connectivity index is 2.35. The number of rotatable bonds is 6. The van der Waals surface area contributed by atoms with Crippen LogP contribution >= 0.6 is 0 Å². The van der Waals surface area contributed by atoms with Crippen LogP contribution in [0.5, 0.6) is 5.75 Å². The van der Waals surface area contributed by atoms with Crippen LogP contribution in [0.4, 0.5) is 0 Å². The van der Waals surface area contributed by atoms with E-state index in [2.05, 4.69) is 52.8 Å². The second-order valence-electron chi connectivity index (χ2n) is 5.76. The Morgan fingerprint density at radius 3 is 2.76 bits per heavy atom. The lowest BCUT2D eigenvalue weighted by molar-refractivity contribution is 0.0849. The third kappa shape index (κ3) is 3.39. The van der Waals surface area contributed by atoms with Gasteiger partial charge in [-0.3, -0.25) is 9.58 Å². The standard InChI is InChI=1S/C15H29N5O/c1-6-16-14(12-11-18(3)8-9-19(12)4)15-13(21-5)10-17-20(15)7-2/h10,12,14,16H,6-9,11H2,1-5H3. The van der Waals surface area contributed by atoms with Gasteiger partial charge in [-0.2, -0.15) is 5.10 Å². The molecule has 1 aliphatic heterocycles. The summed E-state index contributed by atoms with van der Waals surface area (Å²) in [6.07, 6.45) is 1.83. The van der Waals surface area contributed by atoms with E-state index in [9.17, 15) is 0 Å². The van der Waals surface area contributed by atoms with Gasteiger partial charge >= 0.3 is 0 Å². The highest BCUT2D eigenvalue weighted by molar-refractivity contribution is 5.30. The van der Waals surface area contributed by atoms with Crippen molar-refractivity contribution in [2.24, 2.45) is 0 Å². The van der Waals surface area contributed by atoms with Crippen LogP contribution in [0.15, 0.2) is 6.20 Å². The average molecular weight is 295 g/mol. The number of nitrogens with one attached hydrogen (secondary N) is 1. The summed E-state index contributed by atoms with van der Waals surface area (Å²) in [6, 6.07) is 0.639. The summed E-state index contributed by atoms with van der Waals surface area (Å²) in [6.45, 7) is 9.31. The Labute approximate surface area is 128 Å². The van der Waals surface area contributed by atoms with Crippen LogP contribution in [0.1, 0.15) is 25.6 Å². The van der Waals surface area contributed by atoms with E-state index in [0.29, 0.717) is 6.04 Å². The summed E-state index contributed by atoms with van der Waals surface area (Å²) in [5.74, 6) is 0.879. The first-order valence-corrected chi connectivity index (χ1v) is 7.84. The fourth-order valence-electron chi connectivity index (χ4n) is 3.14. The van der Waals surface area contributed by atoms with Crippen molar-refractivity contribution in [3.05, 3.63) is 11.9 Å². The maximum absolute atomic E-state index is 5.55. The maximum atomic E-state index is 5.55. The number of hydrogen-bond acceptors (Lipinski definition) is 5. The SMILES string of the molecule is CCNC(c1c(OC)cnn1CC)C1CN(C)CCN1C. The van der Waals surface area contributed by atoms with E-state index >= 15 is 0 Å². The van der Waals surface area contributed by atoms with E-state index in [1.165, 1.54) is 0 Å². The molecular weight excluding hydrogens is 266 g/mol. The molecule has 2 unspecified atom stereocenters. The molecule has 0 aromatic carbocycles. The molecule has 0 bridgehead atoms. The lowest BCUT2D eigenvalue weighted by atomic mass is 10.00. The normalized spacial score (nSPS) is 22.4. The van der Waals surface area contributed by atoms with Crippen LogP contribution in [0, 0.1) is 0 Å². The van der Waals surface area contributed by atoms with Crippen molar-refractivity contribution in [1.29, 1.82) is 0 Å². The third-order valence-corrected chi connectivity index (χ3v) is 4.37. The molecule has 120 valence electrons. The highest BCUT2D eigenvalue weighted by Gasteiger charge is 2.34. The Morgan fingerprint density at radius 2 is 2.14 bits per heavy atom. The molecule has 1 aromatic heterocycles. The number of ether oxygens (including phenoxy) is 1. The molecular formula is C15H29N5O. The number of methoxy groups -OCH3 is 1. The van der Waals surface area contributed by atoms with Gasteiger partial charge in [0.25, 0.3) is 0 Å². The van der Waals surface area contributed by atoms with E-state index in [4.69, 9.17) is 4.74 Å². The fraction of sp³-hybridized carbons (Fsp3) is 0.800. The molecule has 1 N–H and O–H groups in total. The Kier molecular flexibility index (Phi) is 5.61. The minimum absolute atomic E-state index is 0.222. The van der Waals surface area contributed by atoms with Gasteiger partial charge in [0.1, 0.15) is 0 Å². The summed E-state index contributed by atoms with van der Waals surface area (Å²) in [7, 11) is 6.12. The molecule has 2 atom stereocenters. The van der Waals surface area contributed by atoms with Crippen LogP contribution in [0.3, 0.4) is 0 Å². The molecule has 6 nitrogen and oxygen atoms in total. The number of aromatic nitrogens is 2. The molecule has 2 heterocycles. The summed E-state index contributed by atoms with van der Waals surface area (Å²) in [5.41, 5.74) is 1.16. The Bertz CT molecular complexity index is 426. The van der Waals surface area contributed by atoms with E-state index in [1.807, 2.05) is 6.20 Å². The maximum Gasteiger partial charge on any atom is 0.161 e. The van der Waals surface area contributed by atoms with Gasteiger partial charge in [-0.15, -0.1) is 0 Å². The fourth-order valence-corrected chi connectivity index (χ4v) is 3.14. The number of hydrogen-bond donors (Lipinski definition) is 1. The molecule has 0 radical (unpaired) electrons. The van der Waals surface area contributed by atoms with Crippen molar-refractivity contribution in [1.82, 2.24) is 24.9 Å². The van der Waals surface area contributed by atoms with Crippen LogP contribution in [0.25, 0.3) is 0 Å². The minimum atomic E-state index is 0.222. The largest absolute Gasteiger partial charge is 0.493 e. The zero-order valence-electron chi connectivity index (χ0n) is 14.0. The van der Waals surface area contributed by atoms with Crippen molar-refractivity contribution in [2.45, 2.75) is 32.5 Å². The topological polar surface area (TPSA) is 45.6 Å². The van der Waals surface area contributed by atoms with Gasteiger partial charge in [0.2, 0.25) is 0 Å². The predicted molar refractivity (Wildman–Crippen MR) is 84.8 cm³/mol. The van der Waals surface area contributed by atoms with Crippen LogP contribution in [-0.4, -0.2) is 73.0 Å². The Morgan fingerprint density at radius 1 is 1.38 bits per heavy atom. The molecule has 0 aliphatic carbocycles. The van der Waals surface area contributed by atoms with Gasteiger partial charge < -0.3 is 15.0 Å². The highest BCUT2D eigenvalue weighted by Crippen LogP contribution is 2.30. The number of nitrogens with zero attached hydrogens (tertiary/aromatic N) is 4. The number of aryl methyl sites for hydroxylation is 1. The molecule has 2 rings (SSSR count). The lowest BCUT2D eigenvalue weighted by Crippen LogP contribution is -2.55. The predicted octanol–water partition coefficient (Wildman–Crippen LogP) is 0.808. The summed E-state index contributed by atoms with van der Waals surface area (Å²) in [5, 5.41) is 8.11. The molecule has 21 heavy (non-hydrogen) atoms. The molecule has 1 fully saturated rings. The summed E-state index contributed by atoms with van der Waals surface area (Å²) < 4.78 is 7.60.